The SMILES string of the molecule is NC(=O)c1cccc2nc(C3CNCC4(CC4)C3)oc12. The second-order valence-corrected chi connectivity index (χ2v) is 6.10. The van der Waals surface area contributed by atoms with E-state index in [1.54, 1.807) is 12.1 Å². The number of fused-ring (bicyclic) bond motifs is 1. The van der Waals surface area contributed by atoms with Crippen molar-refractivity contribution in [3.05, 3.63) is 29.7 Å². The van der Waals surface area contributed by atoms with Gasteiger partial charge in [-0.1, -0.05) is 6.07 Å². The van der Waals surface area contributed by atoms with Gasteiger partial charge in [0.1, 0.15) is 5.52 Å². The van der Waals surface area contributed by atoms with Crippen LogP contribution in [0.2, 0.25) is 0 Å². The monoisotopic (exact) mass is 271 g/mol. The number of oxazole rings is 1. The number of carbonyl (C=O) groups is 1. The molecule has 4 rings (SSSR count). The summed E-state index contributed by atoms with van der Waals surface area (Å²) in [6.45, 7) is 2.00. The van der Waals surface area contributed by atoms with E-state index in [4.69, 9.17) is 10.2 Å². The van der Waals surface area contributed by atoms with Crippen molar-refractivity contribution in [2.24, 2.45) is 11.1 Å². The molecule has 5 heteroatoms. The van der Waals surface area contributed by atoms with Crippen LogP contribution in [0.15, 0.2) is 22.6 Å². The van der Waals surface area contributed by atoms with Gasteiger partial charge >= 0.3 is 0 Å². The smallest absolute Gasteiger partial charge is 0.252 e. The number of hydrogen-bond acceptors (Lipinski definition) is 4. The van der Waals surface area contributed by atoms with Crippen LogP contribution in [0.5, 0.6) is 0 Å². The summed E-state index contributed by atoms with van der Waals surface area (Å²) >= 11 is 0. The molecule has 1 atom stereocenters. The van der Waals surface area contributed by atoms with E-state index in [9.17, 15) is 4.79 Å². The van der Waals surface area contributed by atoms with Crippen molar-refractivity contribution < 1.29 is 9.21 Å². The van der Waals surface area contributed by atoms with Gasteiger partial charge in [-0.3, -0.25) is 4.79 Å². The lowest BCUT2D eigenvalue weighted by molar-refractivity contribution is 0.100. The van der Waals surface area contributed by atoms with Gasteiger partial charge < -0.3 is 15.5 Å². The molecule has 3 N–H and O–H groups in total. The fourth-order valence-electron chi connectivity index (χ4n) is 3.25. The van der Waals surface area contributed by atoms with E-state index in [1.807, 2.05) is 6.07 Å². The highest BCUT2D eigenvalue weighted by Crippen LogP contribution is 2.53. The van der Waals surface area contributed by atoms with Crippen LogP contribution >= 0.6 is 0 Å². The molecule has 104 valence electrons. The Kier molecular flexibility index (Phi) is 2.41. The molecule has 0 bridgehead atoms. The number of benzene rings is 1. The molecule has 1 saturated heterocycles. The normalized spacial score (nSPS) is 24.1. The molecule has 1 unspecified atom stereocenters. The van der Waals surface area contributed by atoms with E-state index in [-0.39, 0.29) is 0 Å². The van der Waals surface area contributed by atoms with E-state index in [1.165, 1.54) is 12.8 Å². The number of hydrogen-bond donors (Lipinski definition) is 2. The summed E-state index contributed by atoms with van der Waals surface area (Å²) in [5.74, 6) is 0.547. The molecule has 2 heterocycles. The van der Waals surface area contributed by atoms with E-state index in [0.717, 1.165) is 25.4 Å². The fraction of sp³-hybridized carbons (Fsp3) is 0.467. The number of nitrogens with one attached hydrogen (secondary N) is 1. The fourth-order valence-corrected chi connectivity index (χ4v) is 3.25. The predicted molar refractivity (Wildman–Crippen MR) is 74.4 cm³/mol. The van der Waals surface area contributed by atoms with Gasteiger partial charge in [0.15, 0.2) is 11.5 Å². The minimum absolute atomic E-state index is 0.291. The zero-order valence-corrected chi connectivity index (χ0v) is 11.2. The summed E-state index contributed by atoms with van der Waals surface area (Å²) in [7, 11) is 0. The Morgan fingerprint density at radius 1 is 1.45 bits per heavy atom. The molecule has 1 aromatic heterocycles. The van der Waals surface area contributed by atoms with Crippen molar-refractivity contribution in [3.63, 3.8) is 0 Å². The molecule has 1 aliphatic heterocycles. The van der Waals surface area contributed by atoms with Crippen LogP contribution in [0.1, 0.15) is 41.4 Å². The highest BCUT2D eigenvalue weighted by molar-refractivity contribution is 6.03. The molecule has 5 nitrogen and oxygen atoms in total. The number of carbonyl (C=O) groups excluding carboxylic acids is 1. The first-order chi connectivity index (χ1) is 9.67. The summed E-state index contributed by atoms with van der Waals surface area (Å²) < 4.78 is 5.87. The number of aromatic nitrogens is 1. The topological polar surface area (TPSA) is 81.2 Å². The lowest BCUT2D eigenvalue weighted by Crippen LogP contribution is -2.36. The van der Waals surface area contributed by atoms with Gasteiger partial charge in [0.25, 0.3) is 5.91 Å². The van der Waals surface area contributed by atoms with Gasteiger partial charge in [-0.2, -0.15) is 0 Å². The molecular weight excluding hydrogens is 254 g/mol. The summed E-state index contributed by atoms with van der Waals surface area (Å²) in [4.78, 5) is 16.0. The third kappa shape index (κ3) is 1.81. The van der Waals surface area contributed by atoms with Gasteiger partial charge in [0.2, 0.25) is 0 Å². The quantitative estimate of drug-likeness (QED) is 0.872. The standard InChI is InChI=1S/C15H17N3O2/c16-13(19)10-2-1-3-11-12(10)20-14(18-11)9-6-15(4-5-15)8-17-7-9/h1-3,9,17H,4-8H2,(H2,16,19). The van der Waals surface area contributed by atoms with Gasteiger partial charge in [-0.25, -0.2) is 4.98 Å². The molecule has 0 radical (unpaired) electrons. The Labute approximate surface area is 116 Å². The minimum atomic E-state index is -0.473. The van der Waals surface area contributed by atoms with Crippen molar-refractivity contribution in [2.45, 2.75) is 25.2 Å². The highest BCUT2D eigenvalue weighted by Gasteiger charge is 2.47. The Balaban J connectivity index is 1.73. The van der Waals surface area contributed by atoms with Gasteiger partial charge in [-0.05, 0) is 36.8 Å². The van der Waals surface area contributed by atoms with Crippen LogP contribution in [0, 0.1) is 5.41 Å². The Morgan fingerprint density at radius 3 is 3.05 bits per heavy atom. The number of rotatable bonds is 2. The van der Waals surface area contributed by atoms with Crippen molar-refractivity contribution in [3.8, 4) is 0 Å². The highest BCUT2D eigenvalue weighted by atomic mass is 16.3. The lowest BCUT2D eigenvalue weighted by atomic mass is 9.88. The number of piperidine rings is 1. The first kappa shape index (κ1) is 11.9. The average molecular weight is 271 g/mol. The van der Waals surface area contributed by atoms with E-state index in [2.05, 4.69) is 10.3 Å². The number of primary amides is 1. The third-order valence-corrected chi connectivity index (χ3v) is 4.57. The van der Waals surface area contributed by atoms with Crippen molar-refractivity contribution in [1.29, 1.82) is 0 Å². The second kappa shape index (κ2) is 4.06. The first-order valence-corrected chi connectivity index (χ1v) is 7.07. The van der Waals surface area contributed by atoms with Crippen molar-refractivity contribution in [1.82, 2.24) is 10.3 Å². The molecule has 1 spiro atoms. The summed E-state index contributed by atoms with van der Waals surface area (Å²) in [5, 5.41) is 3.48. The maximum Gasteiger partial charge on any atom is 0.252 e. The lowest BCUT2D eigenvalue weighted by Gasteiger charge is -2.27. The minimum Gasteiger partial charge on any atom is -0.439 e. The maximum absolute atomic E-state index is 11.4. The van der Waals surface area contributed by atoms with Crippen LogP contribution in [-0.4, -0.2) is 24.0 Å². The predicted octanol–water partition coefficient (Wildman–Crippen LogP) is 1.78. The van der Waals surface area contributed by atoms with E-state index in [0.29, 0.717) is 28.0 Å². The van der Waals surface area contributed by atoms with Crippen LogP contribution in [0.25, 0.3) is 11.1 Å². The van der Waals surface area contributed by atoms with Gasteiger partial charge in [-0.15, -0.1) is 0 Å². The zero-order chi connectivity index (χ0) is 13.7. The number of amides is 1. The molecule has 20 heavy (non-hydrogen) atoms. The van der Waals surface area contributed by atoms with E-state index < -0.39 is 5.91 Å². The van der Waals surface area contributed by atoms with Crippen LogP contribution in [0.4, 0.5) is 0 Å². The number of nitrogens with two attached hydrogens (primary N) is 1. The molecule has 1 aromatic carbocycles. The molecule has 2 aromatic rings. The average Bonchev–Trinajstić information content (AvgIpc) is 3.04. The Hall–Kier alpha value is -1.88. The summed E-state index contributed by atoms with van der Waals surface area (Å²) in [6.07, 6.45) is 3.71. The molecule has 1 aliphatic carbocycles. The van der Waals surface area contributed by atoms with Crippen LogP contribution in [-0.2, 0) is 0 Å². The van der Waals surface area contributed by atoms with Crippen molar-refractivity contribution in [2.75, 3.05) is 13.1 Å². The Bertz CT molecular complexity index is 687. The molecule has 1 saturated carbocycles. The van der Waals surface area contributed by atoms with E-state index >= 15 is 0 Å². The van der Waals surface area contributed by atoms with Crippen molar-refractivity contribution >= 4 is 17.0 Å². The third-order valence-electron chi connectivity index (χ3n) is 4.57. The second-order valence-electron chi connectivity index (χ2n) is 6.10. The molecule has 2 fully saturated rings. The molecule has 1 amide bonds. The van der Waals surface area contributed by atoms with Crippen LogP contribution in [0.3, 0.4) is 0 Å². The first-order valence-electron chi connectivity index (χ1n) is 7.07. The molecular formula is C15H17N3O2. The van der Waals surface area contributed by atoms with Crippen LogP contribution < -0.4 is 11.1 Å². The summed E-state index contributed by atoms with van der Waals surface area (Å²) in [6, 6.07) is 5.33. The Morgan fingerprint density at radius 2 is 2.30 bits per heavy atom. The molecule has 2 aliphatic rings. The van der Waals surface area contributed by atoms with Gasteiger partial charge in [0, 0.05) is 19.0 Å². The largest absolute Gasteiger partial charge is 0.439 e. The summed E-state index contributed by atoms with van der Waals surface area (Å²) in [5.41, 5.74) is 7.49. The zero-order valence-electron chi connectivity index (χ0n) is 11.2. The number of nitrogens with zero attached hydrogens (tertiary/aromatic N) is 1. The van der Waals surface area contributed by atoms with Gasteiger partial charge in [0.05, 0.1) is 5.56 Å². The maximum atomic E-state index is 11.4. The number of para-hydroxylation sites is 1.